The Labute approximate surface area is 240 Å². The van der Waals surface area contributed by atoms with Gasteiger partial charge in [0.05, 0.1) is 40.9 Å². The van der Waals surface area contributed by atoms with Gasteiger partial charge in [-0.3, -0.25) is 4.79 Å². The lowest BCUT2D eigenvalue weighted by Gasteiger charge is -2.32. The lowest BCUT2D eigenvalue weighted by molar-refractivity contribution is -0.200. The first-order valence-electron chi connectivity index (χ1n) is 12.2. The van der Waals surface area contributed by atoms with Crippen molar-refractivity contribution in [2.24, 2.45) is 0 Å². The highest BCUT2D eigenvalue weighted by molar-refractivity contribution is 7.91. The zero-order valence-corrected chi connectivity index (χ0v) is 23.2. The highest BCUT2D eigenvalue weighted by Crippen LogP contribution is 2.36. The minimum absolute atomic E-state index is 0.0251. The van der Waals surface area contributed by atoms with Crippen molar-refractivity contribution in [1.82, 2.24) is 24.7 Å². The van der Waals surface area contributed by atoms with E-state index in [9.17, 15) is 36.4 Å². The van der Waals surface area contributed by atoms with E-state index in [0.29, 0.717) is 16.4 Å². The number of hydroxylamine groups is 1. The molecular formula is C23H21ClF3N9O5S. The Hall–Kier alpha value is -4.50. The van der Waals surface area contributed by atoms with Gasteiger partial charge in [-0.15, -0.1) is 0 Å². The summed E-state index contributed by atoms with van der Waals surface area (Å²) in [7, 11) is -3.26. The van der Waals surface area contributed by atoms with E-state index in [0.717, 1.165) is 10.9 Å². The number of sulfone groups is 1. The van der Waals surface area contributed by atoms with Crippen molar-refractivity contribution >= 4 is 56.3 Å². The van der Waals surface area contributed by atoms with Gasteiger partial charge in [0.2, 0.25) is 0 Å². The number of halogens is 4. The van der Waals surface area contributed by atoms with Gasteiger partial charge < -0.3 is 20.8 Å². The predicted molar refractivity (Wildman–Crippen MR) is 142 cm³/mol. The first kappa shape index (κ1) is 29.0. The van der Waals surface area contributed by atoms with Crippen LogP contribution in [-0.4, -0.2) is 70.5 Å². The largest absolute Gasteiger partial charge is 0.493 e. The van der Waals surface area contributed by atoms with Gasteiger partial charge in [0, 0.05) is 24.9 Å². The summed E-state index contributed by atoms with van der Waals surface area (Å²) in [4.78, 5) is 31.2. The Morgan fingerprint density at radius 1 is 1.26 bits per heavy atom. The molecule has 1 unspecified atom stereocenters. The molecule has 0 aromatic carbocycles. The molecule has 14 nitrogen and oxygen atoms in total. The summed E-state index contributed by atoms with van der Waals surface area (Å²) in [6, 6.07) is 2.65. The quantitative estimate of drug-likeness (QED) is 0.420. The highest BCUT2D eigenvalue weighted by Gasteiger charge is 2.44. The first-order valence-corrected chi connectivity index (χ1v) is 14.4. The van der Waals surface area contributed by atoms with E-state index < -0.39 is 33.9 Å². The summed E-state index contributed by atoms with van der Waals surface area (Å²) in [5, 5.41) is 21.1. The number of amides is 1. The third kappa shape index (κ3) is 5.16. The molecule has 19 heteroatoms. The van der Waals surface area contributed by atoms with Crippen LogP contribution in [0.5, 0.6) is 0 Å². The van der Waals surface area contributed by atoms with E-state index in [4.69, 9.17) is 17.3 Å². The molecule has 42 heavy (non-hydrogen) atoms. The van der Waals surface area contributed by atoms with Crippen LogP contribution in [0.15, 0.2) is 24.5 Å². The van der Waals surface area contributed by atoms with Crippen molar-refractivity contribution < 1.29 is 36.0 Å². The summed E-state index contributed by atoms with van der Waals surface area (Å²) in [6.07, 6.45) is -1.63. The number of carbonyl (C=O) groups is 2. The SMILES string of the molecule is CC(NC(=O)c1c(N)nn2c1N(OC(=O)C(F)(F)F)C=CC2)c1cc(Cl)c2c(C#N)cnn2c1N1CCS(=O)(=O)CC1. The topological polar surface area (TPSA) is 181 Å². The van der Waals surface area contributed by atoms with Crippen LogP contribution in [0.3, 0.4) is 0 Å². The lowest BCUT2D eigenvalue weighted by Crippen LogP contribution is -2.42. The fourth-order valence-corrected chi connectivity index (χ4v) is 6.19. The minimum Gasteiger partial charge on any atom is -0.381 e. The number of hydrogen-bond donors (Lipinski definition) is 2. The molecule has 0 spiro atoms. The van der Waals surface area contributed by atoms with Crippen LogP contribution >= 0.6 is 11.6 Å². The summed E-state index contributed by atoms with van der Waals surface area (Å²) in [6.45, 7) is 1.81. The number of rotatable bonds is 5. The summed E-state index contributed by atoms with van der Waals surface area (Å²) in [5.74, 6) is -3.93. The van der Waals surface area contributed by atoms with Crippen LogP contribution < -0.4 is 21.0 Å². The van der Waals surface area contributed by atoms with Crippen LogP contribution in [-0.2, 0) is 26.0 Å². The molecule has 222 valence electrons. The van der Waals surface area contributed by atoms with E-state index in [2.05, 4.69) is 20.4 Å². The molecule has 0 saturated carbocycles. The van der Waals surface area contributed by atoms with Gasteiger partial charge in [0.15, 0.2) is 21.5 Å². The minimum atomic E-state index is -5.31. The van der Waals surface area contributed by atoms with Gasteiger partial charge in [-0.05, 0) is 19.1 Å². The van der Waals surface area contributed by atoms with Gasteiger partial charge in [-0.25, -0.2) is 22.4 Å². The van der Waals surface area contributed by atoms with Crippen molar-refractivity contribution in [1.29, 1.82) is 5.26 Å². The average Bonchev–Trinajstić information content (AvgIpc) is 3.49. The Morgan fingerprint density at radius 2 is 1.95 bits per heavy atom. The van der Waals surface area contributed by atoms with E-state index in [-0.39, 0.29) is 64.4 Å². The fourth-order valence-electron chi connectivity index (χ4n) is 4.69. The number of carbonyl (C=O) groups excluding carboxylic acids is 2. The maximum Gasteiger partial charge on any atom is 0.493 e. The zero-order chi connectivity index (χ0) is 30.6. The van der Waals surface area contributed by atoms with Crippen molar-refractivity contribution in [2.45, 2.75) is 25.7 Å². The number of alkyl halides is 3. The van der Waals surface area contributed by atoms with Crippen LogP contribution in [0.4, 0.5) is 30.6 Å². The number of anilines is 3. The second-order valence-corrected chi connectivity index (χ2v) is 12.1. The van der Waals surface area contributed by atoms with Crippen LogP contribution in [0.25, 0.3) is 5.52 Å². The number of fused-ring (bicyclic) bond motifs is 2. The Kier molecular flexibility index (Phi) is 7.18. The molecule has 1 atom stereocenters. The maximum atomic E-state index is 13.5. The Bertz CT molecular complexity index is 1780. The molecule has 0 bridgehead atoms. The molecule has 5 heterocycles. The van der Waals surface area contributed by atoms with Crippen LogP contribution in [0, 0.1) is 11.3 Å². The predicted octanol–water partition coefficient (Wildman–Crippen LogP) is 1.72. The van der Waals surface area contributed by atoms with Crippen LogP contribution in [0.1, 0.15) is 34.5 Å². The Balaban J connectivity index is 1.52. The van der Waals surface area contributed by atoms with Crippen LogP contribution in [0.2, 0.25) is 5.02 Å². The Morgan fingerprint density at radius 3 is 2.60 bits per heavy atom. The smallest absolute Gasteiger partial charge is 0.381 e. The van der Waals surface area contributed by atoms with E-state index >= 15 is 0 Å². The van der Waals surface area contributed by atoms with Crippen molar-refractivity contribution in [2.75, 3.05) is 40.3 Å². The number of hydrogen-bond acceptors (Lipinski definition) is 11. The van der Waals surface area contributed by atoms with Gasteiger partial charge in [0.1, 0.15) is 23.0 Å². The molecule has 1 saturated heterocycles. The van der Waals surface area contributed by atoms with E-state index in [1.807, 2.05) is 6.07 Å². The summed E-state index contributed by atoms with van der Waals surface area (Å²) >= 11 is 6.52. The van der Waals surface area contributed by atoms with Gasteiger partial charge in [-0.1, -0.05) is 11.6 Å². The van der Waals surface area contributed by atoms with E-state index in [1.165, 1.54) is 22.9 Å². The number of nitrogens with one attached hydrogen (secondary N) is 1. The van der Waals surface area contributed by atoms with Crippen molar-refractivity contribution in [3.8, 4) is 6.07 Å². The molecule has 0 aliphatic carbocycles. The normalized spacial score (nSPS) is 17.0. The van der Waals surface area contributed by atoms with Gasteiger partial charge >= 0.3 is 12.1 Å². The second kappa shape index (κ2) is 10.4. The average molecular weight is 628 g/mol. The molecule has 1 fully saturated rings. The lowest BCUT2D eigenvalue weighted by atomic mass is 10.1. The van der Waals surface area contributed by atoms with E-state index in [1.54, 1.807) is 11.8 Å². The monoisotopic (exact) mass is 627 g/mol. The number of allylic oxidation sites excluding steroid dienone is 1. The molecule has 0 radical (unpaired) electrons. The van der Waals surface area contributed by atoms with Gasteiger partial charge in [-0.2, -0.15) is 33.7 Å². The molecule has 3 N–H and O–H groups in total. The fraction of sp³-hybridized carbons (Fsp3) is 0.348. The first-order chi connectivity index (χ1) is 19.7. The third-order valence-corrected chi connectivity index (χ3v) is 8.53. The van der Waals surface area contributed by atoms with Crippen molar-refractivity contribution in [3.05, 3.63) is 46.3 Å². The number of nitrogens with two attached hydrogens (primary N) is 1. The van der Waals surface area contributed by atoms with Crippen molar-refractivity contribution in [3.63, 3.8) is 0 Å². The van der Waals surface area contributed by atoms with Gasteiger partial charge in [0.25, 0.3) is 5.91 Å². The third-order valence-electron chi connectivity index (χ3n) is 6.64. The zero-order valence-electron chi connectivity index (χ0n) is 21.6. The highest BCUT2D eigenvalue weighted by atomic mass is 35.5. The number of nitrogen functional groups attached to an aromatic ring is 1. The molecular weight excluding hydrogens is 607 g/mol. The second-order valence-electron chi connectivity index (χ2n) is 9.39. The summed E-state index contributed by atoms with van der Waals surface area (Å²) < 4.78 is 65.3. The molecule has 1 amide bonds. The molecule has 3 aromatic heterocycles. The molecule has 2 aliphatic heterocycles. The maximum absolute atomic E-state index is 13.5. The number of nitriles is 1. The molecule has 5 rings (SSSR count). The number of pyridine rings is 1. The standard InChI is InChI=1S/C23H21ClF3N9O5S/c1-12(31-19(37)16-18(29)32-34-3-2-4-35(21(16)34)41-22(38)23(25,26)27)14-9-15(24)17-13(10-28)11-30-36(17)20(14)33-5-7-42(39,40)8-6-33/h2,4,9,11-12H,3,5-8H2,1H3,(H2,29,32)(H,31,37). The molecule has 3 aromatic rings. The molecule has 2 aliphatic rings. The number of nitrogens with zero attached hydrogens (tertiary/aromatic N) is 7. The number of aromatic nitrogens is 4. The summed E-state index contributed by atoms with van der Waals surface area (Å²) in [5.41, 5.74) is 6.46.